The minimum atomic E-state index is -0.511. The molecule has 2 aromatic rings. The molecule has 2 aromatic carbocycles. The molecule has 32 heavy (non-hydrogen) atoms. The maximum absolute atomic E-state index is 13.0. The number of quaternary nitrogens is 1. The number of esters is 2. The molecular formula is C25H33N2O5+. The van der Waals surface area contributed by atoms with Crippen LogP contribution in [0, 0.1) is 13.8 Å². The van der Waals surface area contributed by atoms with E-state index in [2.05, 4.69) is 5.32 Å². The second-order valence-electron chi connectivity index (χ2n) is 7.98. The van der Waals surface area contributed by atoms with Crippen molar-refractivity contribution in [3.63, 3.8) is 0 Å². The fraction of sp³-hybridized carbons (Fsp3) is 0.400. The molecule has 0 fully saturated rings. The van der Waals surface area contributed by atoms with Crippen LogP contribution in [0.1, 0.15) is 40.9 Å². The van der Waals surface area contributed by atoms with E-state index in [1.54, 1.807) is 6.07 Å². The van der Waals surface area contributed by atoms with Crippen molar-refractivity contribution in [2.75, 3.05) is 38.6 Å². The molecule has 0 spiro atoms. The summed E-state index contributed by atoms with van der Waals surface area (Å²) in [6.45, 7) is 9.13. The van der Waals surface area contributed by atoms with Crippen LogP contribution < -0.4 is 5.32 Å². The van der Waals surface area contributed by atoms with Crippen LogP contribution in [-0.4, -0.2) is 55.6 Å². The summed E-state index contributed by atoms with van der Waals surface area (Å²) in [7, 11) is 1.31. The van der Waals surface area contributed by atoms with Crippen molar-refractivity contribution in [2.24, 2.45) is 0 Å². The van der Waals surface area contributed by atoms with Crippen molar-refractivity contribution in [2.45, 2.75) is 34.3 Å². The molecule has 0 bridgehead atoms. The molecule has 0 aromatic heterocycles. The van der Waals surface area contributed by atoms with Crippen LogP contribution in [0.2, 0.25) is 0 Å². The molecule has 2 rings (SSSR count). The zero-order chi connectivity index (χ0) is 23.7. The minimum Gasteiger partial charge on any atom is -0.465 e. The van der Waals surface area contributed by atoms with Gasteiger partial charge in [0.05, 0.1) is 31.5 Å². The van der Waals surface area contributed by atoms with Crippen molar-refractivity contribution in [1.29, 1.82) is 0 Å². The number of methoxy groups -OCH3 is 1. The minimum absolute atomic E-state index is 0.0847. The second-order valence-corrected chi connectivity index (χ2v) is 7.98. The third-order valence-electron chi connectivity index (χ3n) is 5.68. The van der Waals surface area contributed by atoms with Crippen LogP contribution >= 0.6 is 0 Å². The highest BCUT2D eigenvalue weighted by molar-refractivity contribution is 6.02. The molecule has 0 saturated carbocycles. The third-order valence-corrected chi connectivity index (χ3v) is 5.68. The van der Waals surface area contributed by atoms with Gasteiger partial charge in [0.15, 0.2) is 13.1 Å². The summed E-state index contributed by atoms with van der Waals surface area (Å²) in [5, 5.41) is 2.87. The monoisotopic (exact) mass is 441 g/mol. The van der Waals surface area contributed by atoms with Crippen LogP contribution in [0.4, 0.5) is 5.69 Å². The molecule has 0 heterocycles. The Kier molecular flexibility index (Phi) is 8.96. The number of nitrogens with one attached hydrogen (secondary N) is 1. The van der Waals surface area contributed by atoms with Gasteiger partial charge in [-0.05, 0) is 50.5 Å². The molecule has 0 atom stereocenters. The summed E-state index contributed by atoms with van der Waals surface area (Å²) in [6, 6.07) is 13.1. The van der Waals surface area contributed by atoms with Crippen molar-refractivity contribution in [3.8, 4) is 0 Å². The van der Waals surface area contributed by atoms with Crippen LogP contribution in [-0.2, 0) is 25.7 Å². The Labute approximate surface area is 189 Å². The standard InChI is InChI=1S/C25H32N2O5/c1-6-27(7-2,16-23(29)32-17-20-11-9-8-10-12-20)15-22(28)26-24-19(4)13-18(3)14-21(24)25(30)31-5/h8-14H,6-7,15-17H2,1-5H3/p+1. The van der Waals surface area contributed by atoms with Gasteiger partial charge in [0.2, 0.25) is 0 Å². The van der Waals surface area contributed by atoms with Gasteiger partial charge >= 0.3 is 11.9 Å². The van der Waals surface area contributed by atoms with Gasteiger partial charge in [0.1, 0.15) is 6.61 Å². The lowest BCUT2D eigenvalue weighted by Crippen LogP contribution is -2.55. The SMILES string of the molecule is CC[N+](CC)(CC(=O)Nc1c(C)cc(C)cc1C(=O)OC)CC(=O)OCc1ccccc1. The van der Waals surface area contributed by atoms with E-state index in [1.165, 1.54) is 7.11 Å². The summed E-state index contributed by atoms with van der Waals surface area (Å²) in [4.78, 5) is 37.7. The van der Waals surface area contributed by atoms with E-state index in [-0.39, 0.29) is 36.1 Å². The van der Waals surface area contributed by atoms with Crippen LogP contribution in [0.15, 0.2) is 42.5 Å². The molecule has 0 saturated heterocycles. The van der Waals surface area contributed by atoms with Gasteiger partial charge in [-0.15, -0.1) is 0 Å². The van der Waals surface area contributed by atoms with Crippen molar-refractivity contribution >= 4 is 23.5 Å². The van der Waals surface area contributed by atoms with E-state index in [0.29, 0.717) is 24.3 Å². The zero-order valence-electron chi connectivity index (χ0n) is 19.6. The van der Waals surface area contributed by atoms with E-state index in [0.717, 1.165) is 16.7 Å². The fourth-order valence-corrected chi connectivity index (χ4v) is 3.67. The number of nitrogens with zero attached hydrogens (tertiary/aromatic N) is 1. The third kappa shape index (κ3) is 6.65. The number of ether oxygens (including phenoxy) is 2. The number of hydrogen-bond donors (Lipinski definition) is 1. The summed E-state index contributed by atoms with van der Waals surface area (Å²) >= 11 is 0. The number of carbonyl (C=O) groups excluding carboxylic acids is 3. The van der Waals surface area contributed by atoms with E-state index in [9.17, 15) is 14.4 Å². The average molecular weight is 442 g/mol. The van der Waals surface area contributed by atoms with Crippen LogP contribution in [0.25, 0.3) is 0 Å². The Balaban J connectivity index is 2.11. The average Bonchev–Trinajstić information content (AvgIpc) is 2.79. The molecule has 7 heteroatoms. The highest BCUT2D eigenvalue weighted by Crippen LogP contribution is 2.24. The van der Waals surface area contributed by atoms with E-state index >= 15 is 0 Å². The lowest BCUT2D eigenvalue weighted by molar-refractivity contribution is -0.910. The number of benzene rings is 2. The molecule has 0 aliphatic rings. The summed E-state index contributed by atoms with van der Waals surface area (Å²) in [5.74, 6) is -1.14. The molecule has 0 aliphatic carbocycles. The zero-order valence-corrected chi connectivity index (χ0v) is 19.6. The molecule has 7 nitrogen and oxygen atoms in total. The Bertz CT molecular complexity index is 952. The first-order chi connectivity index (χ1) is 15.2. The molecule has 0 radical (unpaired) electrons. The van der Waals surface area contributed by atoms with Crippen LogP contribution in [0.5, 0.6) is 0 Å². The number of anilines is 1. The first-order valence-corrected chi connectivity index (χ1v) is 10.8. The second kappa shape index (κ2) is 11.4. The first kappa shape index (κ1) is 25.1. The van der Waals surface area contributed by atoms with Crippen LogP contribution in [0.3, 0.4) is 0 Å². The molecule has 172 valence electrons. The number of amides is 1. The van der Waals surface area contributed by atoms with E-state index < -0.39 is 5.97 Å². The largest absolute Gasteiger partial charge is 0.465 e. The number of rotatable bonds is 10. The Hall–Kier alpha value is -3.19. The normalized spacial score (nSPS) is 11.0. The quantitative estimate of drug-likeness (QED) is 0.450. The molecule has 0 aliphatic heterocycles. The number of hydrogen-bond acceptors (Lipinski definition) is 5. The Morgan fingerprint density at radius 3 is 2.22 bits per heavy atom. The number of carbonyl (C=O) groups is 3. The Morgan fingerprint density at radius 2 is 1.62 bits per heavy atom. The fourth-order valence-electron chi connectivity index (χ4n) is 3.67. The maximum atomic E-state index is 13.0. The van der Waals surface area contributed by atoms with Gasteiger partial charge in [-0.3, -0.25) is 4.79 Å². The summed E-state index contributed by atoms with van der Waals surface area (Å²) in [5.41, 5.74) is 3.33. The van der Waals surface area contributed by atoms with Gasteiger partial charge in [0, 0.05) is 0 Å². The topological polar surface area (TPSA) is 81.7 Å². The molecule has 0 unspecified atom stereocenters. The van der Waals surface area contributed by atoms with Crippen molar-refractivity contribution in [1.82, 2.24) is 0 Å². The van der Waals surface area contributed by atoms with Crippen molar-refractivity contribution in [3.05, 3.63) is 64.7 Å². The maximum Gasteiger partial charge on any atom is 0.362 e. The first-order valence-electron chi connectivity index (χ1n) is 10.8. The smallest absolute Gasteiger partial charge is 0.362 e. The molecular weight excluding hydrogens is 408 g/mol. The lowest BCUT2D eigenvalue weighted by atomic mass is 10.0. The molecule has 1 N–H and O–H groups in total. The highest BCUT2D eigenvalue weighted by Gasteiger charge is 2.31. The predicted molar refractivity (Wildman–Crippen MR) is 123 cm³/mol. The number of likely N-dealkylation sites (N-methyl/N-ethyl adjacent to an activating group) is 1. The van der Waals surface area contributed by atoms with Crippen molar-refractivity contribution < 1.29 is 28.3 Å². The molecule has 1 amide bonds. The van der Waals surface area contributed by atoms with Gasteiger partial charge in [-0.1, -0.05) is 36.4 Å². The van der Waals surface area contributed by atoms with Gasteiger partial charge in [-0.2, -0.15) is 0 Å². The summed E-state index contributed by atoms with van der Waals surface area (Å²) in [6.07, 6.45) is 0. The Morgan fingerprint density at radius 1 is 0.969 bits per heavy atom. The lowest BCUT2D eigenvalue weighted by Gasteiger charge is -2.35. The van der Waals surface area contributed by atoms with E-state index in [1.807, 2.05) is 64.1 Å². The highest BCUT2D eigenvalue weighted by atomic mass is 16.5. The number of aryl methyl sites for hydroxylation is 2. The predicted octanol–water partition coefficient (Wildman–Crippen LogP) is 3.63. The van der Waals surface area contributed by atoms with Gasteiger partial charge in [0.25, 0.3) is 5.91 Å². The van der Waals surface area contributed by atoms with Gasteiger partial charge < -0.3 is 19.3 Å². The van der Waals surface area contributed by atoms with Gasteiger partial charge in [-0.25, -0.2) is 9.59 Å². The summed E-state index contributed by atoms with van der Waals surface area (Å²) < 4.78 is 10.6. The van der Waals surface area contributed by atoms with E-state index in [4.69, 9.17) is 9.47 Å².